The van der Waals surface area contributed by atoms with Gasteiger partial charge in [0.15, 0.2) is 0 Å². The van der Waals surface area contributed by atoms with Crippen molar-refractivity contribution in [3.8, 4) is 17.7 Å². The quantitative estimate of drug-likeness (QED) is 0.712. The van der Waals surface area contributed by atoms with Crippen LogP contribution in [0.1, 0.15) is 17.7 Å². The molecule has 0 saturated carbocycles. The summed E-state index contributed by atoms with van der Waals surface area (Å²) in [6.07, 6.45) is 0.492. The number of hydrogen-bond donors (Lipinski definition) is 1. The predicted molar refractivity (Wildman–Crippen MR) is 54.1 cm³/mol. The van der Waals surface area contributed by atoms with E-state index in [4.69, 9.17) is 9.84 Å². The zero-order valence-corrected chi connectivity index (χ0v) is 8.37. The van der Waals surface area contributed by atoms with Crippen LogP contribution in [0.15, 0.2) is 12.1 Å². The van der Waals surface area contributed by atoms with E-state index in [1.165, 1.54) is 0 Å². The number of ether oxygens (including phenoxy) is 1. The highest BCUT2D eigenvalue weighted by Gasteiger charge is 1.97. The third kappa shape index (κ3) is 2.75. The largest absolute Gasteiger partial charge is 0.481 e. The first-order valence-corrected chi connectivity index (χ1v) is 4.39. The van der Waals surface area contributed by atoms with Crippen LogP contribution in [0.2, 0.25) is 0 Å². The molecule has 1 aromatic heterocycles. The standard InChI is InChI=1S/C11H13NO2/c1-9-10(5-3-4-8-13)6-7-11(12-9)14-2/h6-7,13H,4,8H2,1-2H3. The van der Waals surface area contributed by atoms with Gasteiger partial charge in [-0.15, -0.1) is 0 Å². The molecule has 3 nitrogen and oxygen atoms in total. The van der Waals surface area contributed by atoms with E-state index >= 15 is 0 Å². The number of aromatic nitrogens is 1. The second-order valence-electron chi connectivity index (χ2n) is 2.76. The molecule has 0 bridgehead atoms. The van der Waals surface area contributed by atoms with E-state index in [1.807, 2.05) is 13.0 Å². The molecule has 1 rings (SSSR count). The summed E-state index contributed by atoms with van der Waals surface area (Å²) in [5, 5.41) is 8.56. The minimum atomic E-state index is 0.0929. The van der Waals surface area contributed by atoms with Crippen LogP contribution >= 0.6 is 0 Å². The molecule has 0 aromatic carbocycles. The molecular weight excluding hydrogens is 178 g/mol. The Morgan fingerprint density at radius 1 is 1.50 bits per heavy atom. The molecule has 74 valence electrons. The minimum Gasteiger partial charge on any atom is -0.481 e. The normalized spacial score (nSPS) is 9.07. The lowest BCUT2D eigenvalue weighted by molar-refractivity contribution is 0.305. The van der Waals surface area contributed by atoms with Crippen molar-refractivity contribution in [1.82, 2.24) is 4.98 Å². The summed E-state index contributed by atoms with van der Waals surface area (Å²) >= 11 is 0. The van der Waals surface area contributed by atoms with Crippen LogP contribution in [0, 0.1) is 18.8 Å². The van der Waals surface area contributed by atoms with Crippen molar-refractivity contribution >= 4 is 0 Å². The van der Waals surface area contributed by atoms with Gasteiger partial charge in [0.2, 0.25) is 5.88 Å². The van der Waals surface area contributed by atoms with Gasteiger partial charge in [0.05, 0.1) is 19.4 Å². The Hall–Kier alpha value is -1.53. The maximum Gasteiger partial charge on any atom is 0.213 e. The maximum absolute atomic E-state index is 8.56. The van der Waals surface area contributed by atoms with E-state index in [-0.39, 0.29) is 6.61 Å². The second kappa shape index (κ2) is 5.25. The fourth-order valence-electron chi connectivity index (χ4n) is 0.997. The van der Waals surface area contributed by atoms with Gasteiger partial charge in [0, 0.05) is 18.1 Å². The molecule has 14 heavy (non-hydrogen) atoms. The SMILES string of the molecule is COc1ccc(C#CCCO)c(C)n1. The lowest BCUT2D eigenvalue weighted by atomic mass is 10.2. The number of aliphatic hydroxyl groups excluding tert-OH is 1. The van der Waals surface area contributed by atoms with Gasteiger partial charge >= 0.3 is 0 Å². The fourth-order valence-corrected chi connectivity index (χ4v) is 0.997. The van der Waals surface area contributed by atoms with Gasteiger partial charge in [-0.25, -0.2) is 4.98 Å². The van der Waals surface area contributed by atoms with Crippen LogP contribution in [0.4, 0.5) is 0 Å². The molecule has 0 radical (unpaired) electrons. The van der Waals surface area contributed by atoms with Crippen molar-refractivity contribution in [1.29, 1.82) is 0 Å². The van der Waals surface area contributed by atoms with Crippen LogP contribution in [-0.4, -0.2) is 23.8 Å². The van der Waals surface area contributed by atoms with E-state index in [0.29, 0.717) is 12.3 Å². The number of hydrogen-bond acceptors (Lipinski definition) is 3. The number of methoxy groups -OCH3 is 1. The molecule has 0 saturated heterocycles. The van der Waals surface area contributed by atoms with Gasteiger partial charge in [-0.2, -0.15) is 0 Å². The maximum atomic E-state index is 8.56. The first kappa shape index (κ1) is 10.6. The van der Waals surface area contributed by atoms with E-state index in [0.717, 1.165) is 11.3 Å². The van der Waals surface area contributed by atoms with Crippen molar-refractivity contribution in [2.45, 2.75) is 13.3 Å². The van der Waals surface area contributed by atoms with Gasteiger partial charge in [-0.1, -0.05) is 11.8 Å². The number of nitrogens with zero attached hydrogens (tertiary/aromatic N) is 1. The third-order valence-electron chi connectivity index (χ3n) is 1.73. The Kier molecular flexibility index (Phi) is 3.96. The summed E-state index contributed by atoms with van der Waals surface area (Å²) in [5.74, 6) is 6.38. The van der Waals surface area contributed by atoms with Crippen LogP contribution in [-0.2, 0) is 0 Å². The topological polar surface area (TPSA) is 42.4 Å². The summed E-state index contributed by atoms with van der Waals surface area (Å²) in [4.78, 5) is 4.18. The Labute approximate surface area is 83.7 Å². The van der Waals surface area contributed by atoms with Crippen LogP contribution in [0.25, 0.3) is 0 Å². The van der Waals surface area contributed by atoms with Crippen LogP contribution in [0.5, 0.6) is 5.88 Å². The summed E-state index contributed by atoms with van der Waals surface area (Å²) < 4.78 is 4.98. The fraction of sp³-hybridized carbons (Fsp3) is 0.364. The molecule has 0 atom stereocenters. The van der Waals surface area contributed by atoms with Crippen LogP contribution < -0.4 is 4.74 Å². The lowest BCUT2D eigenvalue weighted by Gasteiger charge is -2.00. The molecule has 0 fully saturated rings. The van der Waals surface area contributed by atoms with Gasteiger partial charge < -0.3 is 9.84 Å². The molecule has 0 aliphatic rings. The van der Waals surface area contributed by atoms with Crippen molar-refractivity contribution in [3.05, 3.63) is 23.4 Å². The van der Waals surface area contributed by atoms with Gasteiger partial charge in [0.25, 0.3) is 0 Å². The van der Waals surface area contributed by atoms with Crippen LogP contribution in [0.3, 0.4) is 0 Å². The van der Waals surface area contributed by atoms with Crippen molar-refractivity contribution in [3.63, 3.8) is 0 Å². The van der Waals surface area contributed by atoms with E-state index in [1.54, 1.807) is 13.2 Å². The summed E-state index contributed by atoms with van der Waals surface area (Å²) in [5.41, 5.74) is 1.72. The zero-order chi connectivity index (χ0) is 10.4. The molecule has 0 amide bonds. The van der Waals surface area contributed by atoms with Crippen molar-refractivity contribution < 1.29 is 9.84 Å². The highest BCUT2D eigenvalue weighted by molar-refractivity contribution is 5.39. The summed E-state index contributed by atoms with van der Waals surface area (Å²) in [7, 11) is 1.58. The first-order chi connectivity index (χ1) is 6.77. The van der Waals surface area contributed by atoms with Crippen molar-refractivity contribution in [2.75, 3.05) is 13.7 Å². The average Bonchev–Trinajstić information content (AvgIpc) is 2.20. The summed E-state index contributed by atoms with van der Waals surface area (Å²) in [6, 6.07) is 3.64. The average molecular weight is 191 g/mol. The number of rotatable bonds is 2. The molecule has 0 aliphatic carbocycles. The highest BCUT2D eigenvalue weighted by Crippen LogP contribution is 2.10. The smallest absolute Gasteiger partial charge is 0.213 e. The number of aliphatic hydroxyl groups is 1. The molecule has 0 aliphatic heterocycles. The number of pyridine rings is 1. The molecule has 1 N–H and O–H groups in total. The first-order valence-electron chi connectivity index (χ1n) is 4.39. The van der Waals surface area contributed by atoms with Crippen molar-refractivity contribution in [2.24, 2.45) is 0 Å². The van der Waals surface area contributed by atoms with Gasteiger partial charge in [-0.05, 0) is 13.0 Å². The second-order valence-corrected chi connectivity index (χ2v) is 2.76. The highest BCUT2D eigenvalue weighted by atomic mass is 16.5. The van der Waals surface area contributed by atoms with E-state index < -0.39 is 0 Å². The monoisotopic (exact) mass is 191 g/mol. The lowest BCUT2D eigenvalue weighted by Crippen LogP contribution is -1.92. The number of aryl methyl sites for hydroxylation is 1. The summed E-state index contributed by atoms with van der Waals surface area (Å²) in [6.45, 7) is 1.97. The Morgan fingerprint density at radius 2 is 2.29 bits per heavy atom. The molecule has 3 heteroatoms. The Balaban J connectivity index is 2.85. The Morgan fingerprint density at radius 3 is 2.86 bits per heavy atom. The Bertz CT molecular complexity index is 363. The third-order valence-corrected chi connectivity index (χ3v) is 1.73. The van der Waals surface area contributed by atoms with E-state index in [2.05, 4.69) is 16.8 Å². The van der Waals surface area contributed by atoms with Gasteiger partial charge in [0.1, 0.15) is 0 Å². The molecule has 1 heterocycles. The molecule has 0 spiro atoms. The molecule has 1 aromatic rings. The van der Waals surface area contributed by atoms with E-state index in [9.17, 15) is 0 Å². The minimum absolute atomic E-state index is 0.0929. The van der Waals surface area contributed by atoms with Gasteiger partial charge in [-0.3, -0.25) is 0 Å². The molecule has 0 unspecified atom stereocenters. The zero-order valence-electron chi connectivity index (χ0n) is 8.37. The molecular formula is C11H13NO2. The predicted octanol–water partition coefficient (Wildman–Crippen LogP) is 1.13.